The van der Waals surface area contributed by atoms with E-state index in [9.17, 15) is 20.2 Å². The first kappa shape index (κ1) is 17.9. The normalized spacial score (nSPS) is 10.0. The van der Waals surface area contributed by atoms with Crippen molar-refractivity contribution in [2.75, 3.05) is 5.32 Å². The lowest BCUT2D eigenvalue weighted by Gasteiger charge is -2.11. The van der Waals surface area contributed by atoms with Gasteiger partial charge < -0.3 is 10.1 Å². The van der Waals surface area contributed by atoms with Crippen molar-refractivity contribution in [3.05, 3.63) is 51.2 Å². The highest BCUT2D eigenvalue weighted by Gasteiger charge is 2.24. The van der Waals surface area contributed by atoms with E-state index in [0.29, 0.717) is 17.9 Å². The maximum absolute atomic E-state index is 11.5. The highest BCUT2D eigenvalue weighted by Crippen LogP contribution is 2.33. The Labute approximate surface area is 144 Å². The minimum atomic E-state index is -0.566. The maximum atomic E-state index is 11.5. The summed E-state index contributed by atoms with van der Waals surface area (Å²) in [4.78, 5) is 26.1. The molecule has 2 aromatic rings. The molecule has 0 spiro atoms. The molecule has 0 aliphatic carbocycles. The van der Waals surface area contributed by atoms with Gasteiger partial charge in [-0.3, -0.25) is 14.9 Å². The van der Waals surface area contributed by atoms with Crippen molar-refractivity contribution in [3.8, 4) is 17.7 Å². The van der Waals surface area contributed by atoms with Crippen LogP contribution < -0.4 is 10.1 Å². The summed E-state index contributed by atoms with van der Waals surface area (Å²) < 4.78 is 5.65. The molecule has 0 fully saturated rings. The van der Waals surface area contributed by atoms with Crippen LogP contribution in [-0.4, -0.2) is 15.8 Å². The molecule has 0 aliphatic rings. The number of anilines is 1. The van der Waals surface area contributed by atoms with Crippen LogP contribution >= 0.6 is 0 Å². The number of hydrogen-bond donors (Lipinski definition) is 1. The molecule has 1 heterocycles. The molecule has 2 rings (SSSR count). The van der Waals surface area contributed by atoms with Crippen molar-refractivity contribution in [1.29, 1.82) is 5.26 Å². The predicted octanol–water partition coefficient (Wildman–Crippen LogP) is 3.62. The Bertz CT molecular complexity index is 887. The average Bonchev–Trinajstić information content (AvgIpc) is 2.54. The highest BCUT2D eigenvalue weighted by molar-refractivity contribution is 5.90. The number of nitriles is 1. The molecule has 8 heteroatoms. The van der Waals surface area contributed by atoms with E-state index in [4.69, 9.17) is 4.74 Å². The fourth-order valence-electron chi connectivity index (χ4n) is 2.28. The van der Waals surface area contributed by atoms with E-state index in [-0.39, 0.29) is 34.3 Å². The first-order chi connectivity index (χ1) is 11.9. The molecular weight excluding hydrogens is 324 g/mol. The van der Waals surface area contributed by atoms with Crippen LogP contribution in [0, 0.1) is 35.3 Å². The smallest absolute Gasteiger partial charge is 0.294 e. The molecule has 0 radical (unpaired) electrons. The third-order valence-electron chi connectivity index (χ3n) is 3.50. The molecule has 0 atom stereocenters. The number of nitrogens with one attached hydrogen (secondary N) is 1. The summed E-state index contributed by atoms with van der Waals surface area (Å²) in [6.07, 6.45) is 0.339. The molecular formula is C17H16N4O4. The van der Waals surface area contributed by atoms with Gasteiger partial charge in [-0.2, -0.15) is 5.26 Å². The van der Waals surface area contributed by atoms with E-state index in [1.807, 2.05) is 6.07 Å². The van der Waals surface area contributed by atoms with Gasteiger partial charge in [0.1, 0.15) is 23.1 Å². The zero-order valence-electron chi connectivity index (χ0n) is 14.0. The first-order valence-corrected chi connectivity index (χ1v) is 7.50. The molecule has 8 nitrogen and oxygen atoms in total. The number of hydrogen-bond acceptors (Lipinski definition) is 6. The molecule has 1 aromatic carbocycles. The lowest BCUT2D eigenvalue weighted by atomic mass is 10.1. The summed E-state index contributed by atoms with van der Waals surface area (Å²) in [5, 5.41) is 23.2. The van der Waals surface area contributed by atoms with E-state index in [2.05, 4.69) is 10.3 Å². The van der Waals surface area contributed by atoms with Crippen LogP contribution in [0.1, 0.15) is 30.2 Å². The lowest BCUT2D eigenvalue weighted by molar-refractivity contribution is -0.386. The molecule has 0 aliphatic heterocycles. The summed E-state index contributed by atoms with van der Waals surface area (Å²) in [6.45, 7) is 4.70. The Morgan fingerprint density at radius 1 is 1.44 bits per heavy atom. The van der Waals surface area contributed by atoms with Crippen LogP contribution in [0.5, 0.6) is 11.6 Å². The van der Waals surface area contributed by atoms with Crippen LogP contribution in [0.2, 0.25) is 0 Å². The number of rotatable bonds is 5. The lowest BCUT2D eigenvalue weighted by Crippen LogP contribution is -2.09. The number of carbonyl (C=O) groups is 1. The van der Waals surface area contributed by atoms with E-state index < -0.39 is 4.92 Å². The van der Waals surface area contributed by atoms with E-state index in [0.717, 1.165) is 0 Å². The van der Waals surface area contributed by atoms with Gasteiger partial charge in [-0.1, -0.05) is 13.0 Å². The fourth-order valence-corrected chi connectivity index (χ4v) is 2.28. The third-order valence-corrected chi connectivity index (χ3v) is 3.50. The second-order valence-electron chi connectivity index (χ2n) is 5.25. The number of carbonyl (C=O) groups excluding carboxylic acids is 1. The van der Waals surface area contributed by atoms with Gasteiger partial charge in [-0.15, -0.1) is 0 Å². The number of nitro groups is 1. The number of amides is 1. The molecule has 0 bridgehead atoms. The Morgan fingerprint density at radius 3 is 2.76 bits per heavy atom. The Hall–Kier alpha value is -3.47. The zero-order chi connectivity index (χ0) is 18.6. The molecule has 1 N–H and O–H groups in total. The Balaban J connectivity index is 2.41. The number of pyridine rings is 1. The van der Waals surface area contributed by atoms with E-state index >= 15 is 0 Å². The monoisotopic (exact) mass is 340 g/mol. The first-order valence-electron chi connectivity index (χ1n) is 7.50. The van der Waals surface area contributed by atoms with Crippen molar-refractivity contribution in [2.24, 2.45) is 0 Å². The SMILES string of the molecule is CCC(=O)Nc1cccc(Oc2nc(C)c([N+](=O)[O-])c(C)c2C#N)c1. The van der Waals surface area contributed by atoms with Gasteiger partial charge in [0.05, 0.1) is 10.5 Å². The van der Waals surface area contributed by atoms with Crippen molar-refractivity contribution >= 4 is 17.3 Å². The van der Waals surface area contributed by atoms with Gasteiger partial charge in [0.15, 0.2) is 0 Å². The molecule has 0 saturated heterocycles. The van der Waals surface area contributed by atoms with Gasteiger partial charge in [-0.05, 0) is 26.0 Å². The third kappa shape index (κ3) is 3.90. The van der Waals surface area contributed by atoms with Gasteiger partial charge >= 0.3 is 0 Å². The van der Waals surface area contributed by atoms with Gasteiger partial charge in [0.2, 0.25) is 11.8 Å². The topological polar surface area (TPSA) is 118 Å². The summed E-state index contributed by atoms with van der Waals surface area (Å²) in [5.74, 6) is 0.197. The van der Waals surface area contributed by atoms with Crippen LogP contribution in [0.15, 0.2) is 24.3 Å². The van der Waals surface area contributed by atoms with Crippen LogP contribution in [-0.2, 0) is 4.79 Å². The highest BCUT2D eigenvalue weighted by atomic mass is 16.6. The zero-order valence-corrected chi connectivity index (χ0v) is 14.0. The van der Waals surface area contributed by atoms with Gasteiger partial charge in [0, 0.05) is 18.2 Å². The van der Waals surface area contributed by atoms with Crippen LogP contribution in [0.25, 0.3) is 0 Å². The molecule has 0 unspecified atom stereocenters. The molecule has 25 heavy (non-hydrogen) atoms. The van der Waals surface area contributed by atoms with Crippen LogP contribution in [0.3, 0.4) is 0 Å². The predicted molar refractivity (Wildman–Crippen MR) is 90.5 cm³/mol. The van der Waals surface area contributed by atoms with E-state index in [1.165, 1.54) is 13.8 Å². The van der Waals surface area contributed by atoms with Gasteiger partial charge in [0.25, 0.3) is 5.69 Å². The standard InChI is InChI=1S/C17H16N4O4/c1-4-15(22)20-12-6-5-7-13(8-12)25-17-14(9-18)10(2)16(21(23)24)11(3)19-17/h5-8H,4H2,1-3H3,(H,20,22). The summed E-state index contributed by atoms with van der Waals surface area (Å²) in [5.41, 5.74) is 0.698. The largest absolute Gasteiger partial charge is 0.438 e. The number of ether oxygens (including phenoxy) is 1. The average molecular weight is 340 g/mol. The number of nitrogens with zero attached hydrogens (tertiary/aromatic N) is 3. The summed E-state index contributed by atoms with van der Waals surface area (Å²) in [6, 6.07) is 8.50. The quantitative estimate of drug-likeness (QED) is 0.656. The molecule has 128 valence electrons. The minimum Gasteiger partial charge on any atom is -0.438 e. The molecule has 0 saturated carbocycles. The number of aryl methyl sites for hydroxylation is 1. The Morgan fingerprint density at radius 2 is 2.16 bits per heavy atom. The maximum Gasteiger partial charge on any atom is 0.294 e. The van der Waals surface area contributed by atoms with Crippen LogP contribution in [0.4, 0.5) is 11.4 Å². The van der Waals surface area contributed by atoms with Gasteiger partial charge in [-0.25, -0.2) is 4.98 Å². The van der Waals surface area contributed by atoms with E-state index in [1.54, 1.807) is 31.2 Å². The second-order valence-corrected chi connectivity index (χ2v) is 5.25. The molecule has 1 amide bonds. The van der Waals surface area contributed by atoms with Crippen molar-refractivity contribution in [2.45, 2.75) is 27.2 Å². The molecule has 1 aromatic heterocycles. The fraction of sp³-hybridized carbons (Fsp3) is 0.235. The second kappa shape index (κ2) is 7.40. The number of aromatic nitrogens is 1. The Kier molecular flexibility index (Phi) is 5.29. The summed E-state index contributed by atoms with van der Waals surface area (Å²) in [7, 11) is 0. The van der Waals surface area contributed by atoms with Crippen molar-refractivity contribution < 1.29 is 14.5 Å². The summed E-state index contributed by atoms with van der Waals surface area (Å²) >= 11 is 0. The number of benzene rings is 1. The van der Waals surface area contributed by atoms with Crippen molar-refractivity contribution in [3.63, 3.8) is 0 Å². The van der Waals surface area contributed by atoms with Crippen molar-refractivity contribution in [1.82, 2.24) is 4.98 Å². The minimum absolute atomic E-state index is 0.000275.